The van der Waals surface area contributed by atoms with E-state index >= 15 is 0 Å². The summed E-state index contributed by atoms with van der Waals surface area (Å²) in [4.78, 5) is 16.1. The second-order valence-corrected chi connectivity index (χ2v) is 5.75. The molecule has 2 aromatic carbocycles. The van der Waals surface area contributed by atoms with Crippen molar-refractivity contribution in [2.75, 3.05) is 11.9 Å². The molecule has 0 atom stereocenters. The summed E-state index contributed by atoms with van der Waals surface area (Å²) >= 11 is 0. The Morgan fingerprint density at radius 1 is 1.12 bits per heavy atom. The van der Waals surface area contributed by atoms with Crippen molar-refractivity contribution in [3.8, 4) is 22.8 Å². The van der Waals surface area contributed by atoms with E-state index in [4.69, 9.17) is 4.52 Å². The summed E-state index contributed by atoms with van der Waals surface area (Å²) in [6, 6.07) is 15.0. The van der Waals surface area contributed by atoms with Gasteiger partial charge in [0.2, 0.25) is 5.82 Å². The molecular weight excluding hydrogens is 316 g/mol. The standard InChI is InChI=1S/C19H20N4O2/c1-3-11-20-19(24)21-16-9-7-14(8-10-16)17-22-18(25-23-17)15-6-4-5-13(2)12-15/h4-10,12H,3,11H2,1-2H3,(H2,20,21,24). The molecule has 6 heteroatoms. The van der Waals surface area contributed by atoms with Gasteiger partial charge in [-0.1, -0.05) is 29.8 Å². The summed E-state index contributed by atoms with van der Waals surface area (Å²) in [5, 5.41) is 9.58. The Labute approximate surface area is 146 Å². The average molecular weight is 336 g/mol. The molecule has 128 valence electrons. The summed E-state index contributed by atoms with van der Waals surface area (Å²) in [6.07, 6.45) is 0.896. The van der Waals surface area contributed by atoms with Crippen molar-refractivity contribution in [3.05, 3.63) is 54.1 Å². The van der Waals surface area contributed by atoms with E-state index in [1.54, 1.807) is 0 Å². The van der Waals surface area contributed by atoms with Crippen LogP contribution < -0.4 is 10.6 Å². The number of aryl methyl sites for hydroxylation is 1. The van der Waals surface area contributed by atoms with Gasteiger partial charge in [0.25, 0.3) is 5.89 Å². The molecule has 6 nitrogen and oxygen atoms in total. The second kappa shape index (κ2) is 7.61. The van der Waals surface area contributed by atoms with E-state index in [2.05, 4.69) is 20.8 Å². The van der Waals surface area contributed by atoms with Crippen LogP contribution in [-0.4, -0.2) is 22.7 Å². The van der Waals surface area contributed by atoms with Crippen LogP contribution in [0, 0.1) is 6.92 Å². The summed E-state index contributed by atoms with van der Waals surface area (Å²) < 4.78 is 5.36. The van der Waals surface area contributed by atoms with E-state index in [0.717, 1.165) is 23.1 Å². The number of hydrogen-bond donors (Lipinski definition) is 2. The topological polar surface area (TPSA) is 80.0 Å². The first-order valence-electron chi connectivity index (χ1n) is 8.22. The highest BCUT2D eigenvalue weighted by Gasteiger charge is 2.11. The second-order valence-electron chi connectivity index (χ2n) is 5.75. The molecule has 0 radical (unpaired) electrons. The molecule has 0 spiro atoms. The van der Waals surface area contributed by atoms with E-state index in [1.165, 1.54) is 0 Å². The Kier molecular flexibility index (Phi) is 5.09. The quantitative estimate of drug-likeness (QED) is 0.730. The van der Waals surface area contributed by atoms with Gasteiger partial charge in [-0.25, -0.2) is 4.79 Å². The van der Waals surface area contributed by atoms with E-state index in [1.807, 2.05) is 62.4 Å². The van der Waals surface area contributed by atoms with E-state index in [0.29, 0.717) is 23.9 Å². The van der Waals surface area contributed by atoms with Crippen LogP contribution in [0.1, 0.15) is 18.9 Å². The lowest BCUT2D eigenvalue weighted by Crippen LogP contribution is -2.29. The number of aromatic nitrogens is 2. The fraction of sp³-hybridized carbons (Fsp3) is 0.211. The van der Waals surface area contributed by atoms with E-state index < -0.39 is 0 Å². The molecule has 0 unspecified atom stereocenters. The van der Waals surface area contributed by atoms with Crippen LogP contribution in [-0.2, 0) is 0 Å². The highest BCUT2D eigenvalue weighted by Crippen LogP contribution is 2.23. The van der Waals surface area contributed by atoms with Crippen LogP contribution >= 0.6 is 0 Å². The van der Waals surface area contributed by atoms with Crippen LogP contribution in [0.2, 0.25) is 0 Å². The van der Waals surface area contributed by atoms with Gasteiger partial charge in [0, 0.05) is 23.4 Å². The molecule has 2 amide bonds. The molecule has 0 aliphatic rings. The number of anilines is 1. The van der Waals surface area contributed by atoms with Gasteiger partial charge in [-0.2, -0.15) is 4.98 Å². The van der Waals surface area contributed by atoms with Crippen LogP contribution in [0.25, 0.3) is 22.8 Å². The molecule has 25 heavy (non-hydrogen) atoms. The highest BCUT2D eigenvalue weighted by atomic mass is 16.5. The molecule has 0 aliphatic heterocycles. The monoisotopic (exact) mass is 336 g/mol. The van der Waals surface area contributed by atoms with Gasteiger partial charge in [-0.05, 0) is 49.7 Å². The van der Waals surface area contributed by atoms with Crippen LogP contribution in [0.4, 0.5) is 10.5 Å². The first-order valence-corrected chi connectivity index (χ1v) is 8.22. The van der Waals surface area contributed by atoms with Crippen molar-refractivity contribution in [3.63, 3.8) is 0 Å². The molecule has 1 aromatic heterocycles. The largest absolute Gasteiger partial charge is 0.338 e. The van der Waals surface area contributed by atoms with E-state index in [-0.39, 0.29) is 6.03 Å². The zero-order chi connectivity index (χ0) is 17.6. The maximum Gasteiger partial charge on any atom is 0.319 e. The maximum absolute atomic E-state index is 11.7. The van der Waals surface area contributed by atoms with Crippen LogP contribution in [0.3, 0.4) is 0 Å². The zero-order valence-corrected chi connectivity index (χ0v) is 14.2. The number of hydrogen-bond acceptors (Lipinski definition) is 4. The molecule has 0 saturated heterocycles. The van der Waals surface area contributed by atoms with Gasteiger partial charge in [0.15, 0.2) is 0 Å². The number of urea groups is 1. The van der Waals surface area contributed by atoms with Crippen molar-refractivity contribution in [1.82, 2.24) is 15.5 Å². The third kappa shape index (κ3) is 4.23. The average Bonchev–Trinajstić information content (AvgIpc) is 3.11. The molecular formula is C19H20N4O2. The molecule has 3 rings (SSSR count). The number of nitrogens with zero attached hydrogens (tertiary/aromatic N) is 2. The minimum atomic E-state index is -0.212. The van der Waals surface area contributed by atoms with Gasteiger partial charge < -0.3 is 15.2 Å². The number of rotatable bonds is 5. The number of amides is 2. The lowest BCUT2D eigenvalue weighted by Gasteiger charge is -2.06. The molecule has 3 aromatic rings. The number of carbonyl (C=O) groups excluding carboxylic acids is 1. The predicted molar refractivity (Wildman–Crippen MR) is 97.2 cm³/mol. The van der Waals surface area contributed by atoms with Crippen molar-refractivity contribution in [2.45, 2.75) is 20.3 Å². The summed E-state index contributed by atoms with van der Waals surface area (Å²) in [5.74, 6) is 0.998. The predicted octanol–water partition coefficient (Wildman–Crippen LogP) is 4.24. The molecule has 0 fully saturated rings. The fourth-order valence-corrected chi connectivity index (χ4v) is 2.35. The molecule has 0 saturated carbocycles. The summed E-state index contributed by atoms with van der Waals surface area (Å²) in [5.41, 5.74) is 3.56. The normalized spacial score (nSPS) is 10.5. The van der Waals surface area contributed by atoms with Gasteiger partial charge >= 0.3 is 6.03 Å². The Hall–Kier alpha value is -3.15. The molecule has 2 N–H and O–H groups in total. The van der Waals surface area contributed by atoms with Gasteiger partial charge in [0.05, 0.1) is 0 Å². The SMILES string of the molecule is CCCNC(=O)Nc1ccc(-c2noc(-c3cccc(C)c3)n2)cc1. The lowest BCUT2D eigenvalue weighted by atomic mass is 10.1. The van der Waals surface area contributed by atoms with E-state index in [9.17, 15) is 4.79 Å². The van der Waals surface area contributed by atoms with Crippen molar-refractivity contribution in [1.29, 1.82) is 0 Å². The Balaban J connectivity index is 1.72. The summed E-state index contributed by atoms with van der Waals surface area (Å²) in [6.45, 7) is 4.67. The Morgan fingerprint density at radius 2 is 1.92 bits per heavy atom. The highest BCUT2D eigenvalue weighted by molar-refractivity contribution is 5.89. The van der Waals surface area contributed by atoms with Gasteiger partial charge in [-0.15, -0.1) is 0 Å². The third-order valence-corrected chi connectivity index (χ3v) is 3.63. The maximum atomic E-state index is 11.7. The first kappa shape index (κ1) is 16.7. The molecule has 0 aliphatic carbocycles. The summed E-state index contributed by atoms with van der Waals surface area (Å²) in [7, 11) is 0. The van der Waals surface area contributed by atoms with Crippen molar-refractivity contribution in [2.24, 2.45) is 0 Å². The lowest BCUT2D eigenvalue weighted by molar-refractivity contribution is 0.252. The fourth-order valence-electron chi connectivity index (χ4n) is 2.35. The van der Waals surface area contributed by atoms with Crippen LogP contribution in [0.5, 0.6) is 0 Å². The zero-order valence-electron chi connectivity index (χ0n) is 14.2. The minimum absolute atomic E-state index is 0.212. The van der Waals surface area contributed by atoms with Crippen molar-refractivity contribution >= 4 is 11.7 Å². The number of benzene rings is 2. The number of carbonyl (C=O) groups is 1. The van der Waals surface area contributed by atoms with Gasteiger partial charge in [0.1, 0.15) is 0 Å². The van der Waals surface area contributed by atoms with Crippen molar-refractivity contribution < 1.29 is 9.32 Å². The Morgan fingerprint density at radius 3 is 2.64 bits per heavy atom. The van der Waals surface area contributed by atoms with Crippen LogP contribution in [0.15, 0.2) is 53.1 Å². The molecule has 0 bridgehead atoms. The third-order valence-electron chi connectivity index (χ3n) is 3.63. The minimum Gasteiger partial charge on any atom is -0.338 e. The number of nitrogens with one attached hydrogen (secondary N) is 2. The first-order chi connectivity index (χ1) is 12.2. The van der Waals surface area contributed by atoms with Gasteiger partial charge in [-0.3, -0.25) is 0 Å². The molecule has 1 heterocycles. The smallest absolute Gasteiger partial charge is 0.319 e. The Bertz CT molecular complexity index is 856.